The minimum atomic E-state index is -3.77. The van der Waals surface area contributed by atoms with Crippen LogP contribution in [0.3, 0.4) is 0 Å². The molecule has 0 radical (unpaired) electrons. The van der Waals surface area contributed by atoms with Crippen LogP contribution in [0.15, 0.2) is 17.0 Å². The van der Waals surface area contributed by atoms with Crippen LogP contribution in [0.25, 0.3) is 0 Å². The van der Waals surface area contributed by atoms with E-state index in [0.717, 1.165) is 0 Å². The standard InChI is InChI=1S/C14H22N2O4S/c1-8(2)16-14(17)11(5)20-12-6-10(4)13(7-9(12)3)21(15,18)19/h6-8,11H,1-5H3,(H,16,17)(H2,15,18,19). The van der Waals surface area contributed by atoms with Crippen LogP contribution in [0.1, 0.15) is 31.9 Å². The topological polar surface area (TPSA) is 98.5 Å². The fourth-order valence-electron chi connectivity index (χ4n) is 1.84. The van der Waals surface area contributed by atoms with Gasteiger partial charge in [0.15, 0.2) is 6.10 Å². The molecule has 1 aromatic carbocycles. The summed E-state index contributed by atoms with van der Waals surface area (Å²) in [5.74, 6) is 0.240. The summed E-state index contributed by atoms with van der Waals surface area (Å²) < 4.78 is 28.5. The Labute approximate surface area is 125 Å². The van der Waals surface area contributed by atoms with E-state index in [2.05, 4.69) is 5.32 Å². The average molecular weight is 314 g/mol. The molecular weight excluding hydrogens is 292 g/mol. The van der Waals surface area contributed by atoms with Gasteiger partial charge in [-0.2, -0.15) is 0 Å². The number of aryl methyl sites for hydroxylation is 2. The maximum atomic E-state index is 11.8. The van der Waals surface area contributed by atoms with Gasteiger partial charge in [-0.1, -0.05) is 0 Å². The molecule has 21 heavy (non-hydrogen) atoms. The molecule has 6 nitrogen and oxygen atoms in total. The Bertz CT molecular complexity index is 639. The summed E-state index contributed by atoms with van der Waals surface area (Å²) in [4.78, 5) is 11.9. The number of nitrogens with one attached hydrogen (secondary N) is 1. The SMILES string of the molecule is Cc1cc(S(N)(=O)=O)c(C)cc1OC(C)C(=O)NC(C)C. The lowest BCUT2D eigenvalue weighted by Crippen LogP contribution is -2.40. The highest BCUT2D eigenvalue weighted by atomic mass is 32.2. The van der Waals surface area contributed by atoms with Crippen LogP contribution >= 0.6 is 0 Å². The number of sulfonamides is 1. The van der Waals surface area contributed by atoms with Gasteiger partial charge in [0, 0.05) is 6.04 Å². The van der Waals surface area contributed by atoms with E-state index in [-0.39, 0.29) is 16.8 Å². The fraction of sp³-hybridized carbons (Fsp3) is 0.500. The molecule has 0 spiro atoms. The van der Waals surface area contributed by atoms with Crippen LogP contribution in [0.5, 0.6) is 5.75 Å². The number of hydrogen-bond donors (Lipinski definition) is 2. The Morgan fingerprint density at radius 1 is 1.19 bits per heavy atom. The van der Waals surface area contributed by atoms with Crippen molar-refractivity contribution in [1.29, 1.82) is 0 Å². The van der Waals surface area contributed by atoms with E-state index in [0.29, 0.717) is 16.9 Å². The van der Waals surface area contributed by atoms with Gasteiger partial charge in [-0.15, -0.1) is 0 Å². The molecule has 0 bridgehead atoms. The Morgan fingerprint density at radius 3 is 2.24 bits per heavy atom. The van der Waals surface area contributed by atoms with Gasteiger partial charge in [0.1, 0.15) is 5.75 Å². The molecule has 0 aromatic heterocycles. The Kier molecular flexibility index (Phi) is 5.36. The monoisotopic (exact) mass is 314 g/mol. The summed E-state index contributed by atoms with van der Waals surface area (Å²) in [5.41, 5.74) is 1.09. The van der Waals surface area contributed by atoms with E-state index in [4.69, 9.17) is 9.88 Å². The maximum Gasteiger partial charge on any atom is 0.260 e. The van der Waals surface area contributed by atoms with Crippen molar-refractivity contribution in [3.05, 3.63) is 23.3 Å². The first kappa shape index (κ1) is 17.5. The number of nitrogens with two attached hydrogens (primary N) is 1. The quantitative estimate of drug-likeness (QED) is 0.854. The number of amides is 1. The van der Waals surface area contributed by atoms with Crippen LogP contribution in [0, 0.1) is 13.8 Å². The molecule has 1 amide bonds. The lowest BCUT2D eigenvalue weighted by molar-refractivity contribution is -0.127. The molecule has 0 saturated carbocycles. The number of hydrogen-bond acceptors (Lipinski definition) is 4. The molecule has 1 atom stereocenters. The minimum Gasteiger partial charge on any atom is -0.481 e. The summed E-state index contributed by atoms with van der Waals surface area (Å²) in [6.07, 6.45) is -0.675. The zero-order chi connectivity index (χ0) is 16.4. The molecule has 1 unspecified atom stereocenters. The lowest BCUT2D eigenvalue weighted by Gasteiger charge is -2.18. The number of rotatable bonds is 5. The van der Waals surface area contributed by atoms with Gasteiger partial charge in [-0.25, -0.2) is 13.6 Å². The van der Waals surface area contributed by atoms with Gasteiger partial charge >= 0.3 is 0 Å². The summed E-state index contributed by atoms with van der Waals surface area (Å²) in [6, 6.07) is 3.05. The van der Waals surface area contributed by atoms with Crippen LogP contribution in [-0.2, 0) is 14.8 Å². The van der Waals surface area contributed by atoms with Gasteiger partial charge in [0.05, 0.1) is 4.90 Å². The van der Waals surface area contributed by atoms with Crippen molar-refractivity contribution in [3.8, 4) is 5.75 Å². The molecular formula is C14H22N2O4S. The van der Waals surface area contributed by atoms with Crippen LogP contribution in [-0.4, -0.2) is 26.5 Å². The lowest BCUT2D eigenvalue weighted by atomic mass is 10.1. The first-order valence-electron chi connectivity index (χ1n) is 6.63. The zero-order valence-electron chi connectivity index (χ0n) is 12.9. The second kappa shape index (κ2) is 6.44. The van der Waals surface area contributed by atoms with E-state index in [1.165, 1.54) is 6.07 Å². The highest BCUT2D eigenvalue weighted by Gasteiger charge is 2.19. The highest BCUT2D eigenvalue weighted by Crippen LogP contribution is 2.26. The molecule has 0 saturated heterocycles. The second-order valence-electron chi connectivity index (χ2n) is 5.35. The van der Waals surface area contributed by atoms with E-state index >= 15 is 0 Å². The maximum absolute atomic E-state index is 11.8. The first-order chi connectivity index (χ1) is 9.52. The van der Waals surface area contributed by atoms with Crippen molar-refractivity contribution < 1.29 is 17.9 Å². The molecule has 118 valence electrons. The number of carbonyl (C=O) groups excluding carboxylic acids is 1. The predicted octanol–water partition coefficient (Wildman–Crippen LogP) is 1.24. The Balaban J connectivity index is 3.01. The predicted molar refractivity (Wildman–Crippen MR) is 80.7 cm³/mol. The molecule has 1 rings (SSSR count). The van der Waals surface area contributed by atoms with Crippen LogP contribution in [0.4, 0.5) is 0 Å². The summed E-state index contributed by atoms with van der Waals surface area (Å²) in [6.45, 7) is 8.70. The molecule has 0 aliphatic carbocycles. The zero-order valence-corrected chi connectivity index (χ0v) is 13.7. The number of benzene rings is 1. The van der Waals surface area contributed by atoms with Crippen molar-refractivity contribution in [1.82, 2.24) is 5.32 Å². The smallest absolute Gasteiger partial charge is 0.260 e. The largest absolute Gasteiger partial charge is 0.481 e. The number of carbonyl (C=O) groups is 1. The molecule has 7 heteroatoms. The van der Waals surface area contributed by atoms with Crippen molar-refractivity contribution in [2.45, 2.75) is 51.7 Å². The number of primary sulfonamides is 1. The molecule has 0 aliphatic rings. The average Bonchev–Trinajstić information content (AvgIpc) is 2.30. The molecule has 3 N–H and O–H groups in total. The minimum absolute atomic E-state index is 0.0242. The third-order valence-electron chi connectivity index (χ3n) is 2.88. The van der Waals surface area contributed by atoms with Gasteiger partial charge in [0.2, 0.25) is 10.0 Å². The fourth-order valence-corrected chi connectivity index (χ4v) is 2.69. The summed E-state index contributed by atoms with van der Waals surface area (Å²) in [5, 5.41) is 7.90. The van der Waals surface area contributed by atoms with Gasteiger partial charge in [-0.3, -0.25) is 4.79 Å². The van der Waals surface area contributed by atoms with Crippen molar-refractivity contribution in [2.24, 2.45) is 5.14 Å². The highest BCUT2D eigenvalue weighted by molar-refractivity contribution is 7.89. The third kappa shape index (κ3) is 4.71. The molecule has 0 fully saturated rings. The first-order valence-corrected chi connectivity index (χ1v) is 8.18. The third-order valence-corrected chi connectivity index (χ3v) is 3.94. The van der Waals surface area contributed by atoms with E-state index in [1.54, 1.807) is 26.8 Å². The van der Waals surface area contributed by atoms with Crippen molar-refractivity contribution in [2.75, 3.05) is 0 Å². The molecule has 1 aromatic rings. The van der Waals surface area contributed by atoms with Crippen LogP contribution in [0.2, 0.25) is 0 Å². The number of ether oxygens (including phenoxy) is 1. The Morgan fingerprint density at radius 2 is 1.76 bits per heavy atom. The second-order valence-corrected chi connectivity index (χ2v) is 6.88. The van der Waals surface area contributed by atoms with E-state index < -0.39 is 16.1 Å². The normalized spacial score (nSPS) is 13.1. The van der Waals surface area contributed by atoms with Crippen molar-refractivity contribution >= 4 is 15.9 Å². The van der Waals surface area contributed by atoms with E-state index in [1.807, 2.05) is 13.8 Å². The molecule has 0 aliphatic heterocycles. The summed E-state index contributed by atoms with van der Waals surface area (Å²) in [7, 11) is -3.77. The summed E-state index contributed by atoms with van der Waals surface area (Å²) >= 11 is 0. The van der Waals surface area contributed by atoms with Gasteiger partial charge in [-0.05, 0) is 57.9 Å². The Hall–Kier alpha value is -1.60. The van der Waals surface area contributed by atoms with E-state index in [9.17, 15) is 13.2 Å². The molecule has 0 heterocycles. The van der Waals surface area contributed by atoms with Crippen LogP contribution < -0.4 is 15.2 Å². The van der Waals surface area contributed by atoms with Gasteiger partial charge in [0.25, 0.3) is 5.91 Å². The van der Waals surface area contributed by atoms with Crippen molar-refractivity contribution in [3.63, 3.8) is 0 Å². The van der Waals surface area contributed by atoms with Gasteiger partial charge < -0.3 is 10.1 Å².